The van der Waals surface area contributed by atoms with Crippen molar-refractivity contribution in [3.8, 4) is 5.75 Å². The number of ether oxygens (including phenoxy) is 1. The van der Waals surface area contributed by atoms with E-state index in [1.165, 1.54) is 0 Å². The molecule has 0 aliphatic carbocycles. The zero-order valence-corrected chi connectivity index (χ0v) is 14.4. The Morgan fingerprint density at radius 1 is 1.32 bits per heavy atom. The van der Waals surface area contributed by atoms with Crippen LogP contribution in [0.1, 0.15) is 30.3 Å². The first kappa shape index (κ1) is 15.9. The number of hydrogen-bond acceptors (Lipinski definition) is 4. The second-order valence-electron chi connectivity index (χ2n) is 6.69. The Bertz CT molecular complexity index is 851. The molecule has 2 aliphatic rings. The molecule has 2 fully saturated rings. The van der Waals surface area contributed by atoms with E-state index in [-0.39, 0.29) is 17.9 Å². The van der Waals surface area contributed by atoms with E-state index in [1.54, 1.807) is 25.0 Å². The van der Waals surface area contributed by atoms with Gasteiger partial charge in [-0.25, -0.2) is 4.98 Å². The number of carbonyl (C=O) groups excluding carboxylic acids is 2. The lowest BCUT2D eigenvalue weighted by Crippen LogP contribution is -2.60. The summed E-state index contributed by atoms with van der Waals surface area (Å²) < 4.78 is 5.44. The summed E-state index contributed by atoms with van der Waals surface area (Å²) in [5.74, 6) is 0.443. The number of methoxy groups -OCH3 is 1. The Kier molecular flexibility index (Phi) is 3.82. The molecule has 6 nitrogen and oxygen atoms in total. The van der Waals surface area contributed by atoms with Gasteiger partial charge >= 0.3 is 0 Å². The number of fused-ring (bicyclic) bond motifs is 2. The summed E-state index contributed by atoms with van der Waals surface area (Å²) in [6.45, 7) is 3.17. The molecule has 6 heteroatoms. The highest BCUT2D eigenvalue weighted by atomic mass is 16.5. The summed E-state index contributed by atoms with van der Waals surface area (Å²) in [6, 6.07) is 8.91. The number of carbonyl (C=O) groups is 2. The fourth-order valence-electron chi connectivity index (χ4n) is 3.90. The molecular formula is C19H21N3O3. The van der Waals surface area contributed by atoms with Crippen molar-refractivity contribution in [2.24, 2.45) is 0 Å². The summed E-state index contributed by atoms with van der Waals surface area (Å²) in [6.07, 6.45) is 1.96. The number of amides is 2. The third-order valence-electron chi connectivity index (χ3n) is 5.27. The minimum Gasteiger partial charge on any atom is -0.496 e. The van der Waals surface area contributed by atoms with Crippen LogP contribution in [0.5, 0.6) is 5.75 Å². The van der Waals surface area contributed by atoms with Crippen LogP contribution in [0.15, 0.2) is 30.3 Å². The largest absolute Gasteiger partial charge is 0.496 e. The van der Waals surface area contributed by atoms with E-state index in [2.05, 4.69) is 4.98 Å². The molecule has 3 heterocycles. The molecule has 0 radical (unpaired) electrons. The minimum atomic E-state index is -0.457. The van der Waals surface area contributed by atoms with E-state index in [0.29, 0.717) is 23.5 Å². The van der Waals surface area contributed by atoms with Gasteiger partial charge in [0.2, 0.25) is 5.91 Å². The molecule has 2 amide bonds. The van der Waals surface area contributed by atoms with Crippen LogP contribution in [-0.2, 0) is 4.79 Å². The van der Waals surface area contributed by atoms with Gasteiger partial charge in [-0.3, -0.25) is 9.59 Å². The van der Waals surface area contributed by atoms with Crippen LogP contribution in [0, 0.1) is 0 Å². The van der Waals surface area contributed by atoms with Gasteiger partial charge in [0.15, 0.2) is 0 Å². The highest BCUT2D eigenvalue weighted by Crippen LogP contribution is 2.29. The van der Waals surface area contributed by atoms with Crippen molar-refractivity contribution in [1.82, 2.24) is 14.8 Å². The number of hydrogen-bond donors (Lipinski definition) is 0. The molecule has 2 atom stereocenters. The topological polar surface area (TPSA) is 62.7 Å². The monoisotopic (exact) mass is 339 g/mol. The second kappa shape index (κ2) is 6.02. The van der Waals surface area contributed by atoms with Crippen molar-refractivity contribution >= 4 is 22.7 Å². The molecule has 1 aromatic carbocycles. The molecule has 25 heavy (non-hydrogen) atoms. The van der Waals surface area contributed by atoms with Gasteiger partial charge in [-0.2, -0.15) is 0 Å². The molecule has 130 valence electrons. The molecule has 0 unspecified atom stereocenters. The maximum atomic E-state index is 13.1. The van der Waals surface area contributed by atoms with Gasteiger partial charge < -0.3 is 14.5 Å². The van der Waals surface area contributed by atoms with E-state index < -0.39 is 6.04 Å². The highest BCUT2D eigenvalue weighted by Gasteiger charge is 2.42. The maximum Gasteiger partial charge on any atom is 0.273 e. The van der Waals surface area contributed by atoms with E-state index >= 15 is 0 Å². The van der Waals surface area contributed by atoms with Crippen molar-refractivity contribution in [3.63, 3.8) is 0 Å². The van der Waals surface area contributed by atoms with Crippen molar-refractivity contribution in [3.05, 3.63) is 36.0 Å². The lowest BCUT2D eigenvalue weighted by atomic mass is 10.1. The summed E-state index contributed by atoms with van der Waals surface area (Å²) in [5, 5.41) is 0.867. The third kappa shape index (κ3) is 2.52. The smallest absolute Gasteiger partial charge is 0.273 e. The van der Waals surface area contributed by atoms with E-state index in [1.807, 2.05) is 29.2 Å². The summed E-state index contributed by atoms with van der Waals surface area (Å²) in [4.78, 5) is 33.8. The highest BCUT2D eigenvalue weighted by molar-refractivity contribution is 5.99. The maximum absolute atomic E-state index is 13.1. The van der Waals surface area contributed by atoms with Crippen LogP contribution < -0.4 is 4.74 Å². The minimum absolute atomic E-state index is 0.0369. The second-order valence-corrected chi connectivity index (χ2v) is 6.69. The van der Waals surface area contributed by atoms with Gasteiger partial charge in [0.1, 0.15) is 17.5 Å². The van der Waals surface area contributed by atoms with Crippen LogP contribution in [-0.4, -0.2) is 58.9 Å². The average molecular weight is 339 g/mol. The molecule has 1 aromatic heterocycles. The van der Waals surface area contributed by atoms with E-state index in [9.17, 15) is 9.59 Å². The molecule has 2 aliphatic heterocycles. The Hall–Kier alpha value is -2.63. The SMILES string of the molecule is COc1cc(C(=O)N2C[C@@H]3CCCN3C(=O)[C@@H]2C)nc2ccccc12. The van der Waals surface area contributed by atoms with Crippen LogP contribution in [0.2, 0.25) is 0 Å². The van der Waals surface area contributed by atoms with Gasteiger partial charge in [-0.05, 0) is 31.9 Å². The summed E-state index contributed by atoms with van der Waals surface area (Å²) in [7, 11) is 1.58. The lowest BCUT2D eigenvalue weighted by molar-refractivity contribution is -0.141. The molecule has 2 aromatic rings. The Labute approximate surface area is 146 Å². The van der Waals surface area contributed by atoms with Crippen molar-refractivity contribution in [1.29, 1.82) is 0 Å². The molecular weight excluding hydrogens is 318 g/mol. The van der Waals surface area contributed by atoms with Crippen molar-refractivity contribution < 1.29 is 14.3 Å². The van der Waals surface area contributed by atoms with Gasteiger partial charge in [-0.1, -0.05) is 12.1 Å². The zero-order valence-electron chi connectivity index (χ0n) is 14.4. The number of rotatable bonds is 2. The molecule has 0 saturated carbocycles. The fourth-order valence-corrected chi connectivity index (χ4v) is 3.90. The molecule has 2 saturated heterocycles. The van der Waals surface area contributed by atoms with Crippen molar-refractivity contribution in [2.75, 3.05) is 20.2 Å². The number of pyridine rings is 1. The molecule has 0 spiro atoms. The third-order valence-corrected chi connectivity index (χ3v) is 5.27. The average Bonchev–Trinajstić information content (AvgIpc) is 3.12. The Morgan fingerprint density at radius 2 is 2.12 bits per heavy atom. The summed E-state index contributed by atoms with van der Waals surface area (Å²) in [5.41, 5.74) is 1.03. The summed E-state index contributed by atoms with van der Waals surface area (Å²) >= 11 is 0. The number of benzene rings is 1. The first-order valence-electron chi connectivity index (χ1n) is 8.65. The molecule has 0 N–H and O–H groups in total. The standard InChI is InChI=1S/C19H21N3O3/c1-12-18(23)21-9-5-6-13(21)11-22(12)19(24)16-10-17(25-2)14-7-3-4-8-15(14)20-16/h3-4,7-8,10,12-13H,5-6,9,11H2,1-2H3/t12-,13-/m0/s1. The quantitative estimate of drug-likeness (QED) is 0.840. The molecule has 0 bridgehead atoms. The number of nitrogens with zero attached hydrogens (tertiary/aromatic N) is 3. The van der Waals surface area contributed by atoms with Gasteiger partial charge in [0, 0.05) is 30.6 Å². The van der Waals surface area contributed by atoms with Crippen LogP contribution in [0.4, 0.5) is 0 Å². The van der Waals surface area contributed by atoms with Crippen LogP contribution in [0.25, 0.3) is 10.9 Å². The van der Waals surface area contributed by atoms with Crippen molar-refractivity contribution in [2.45, 2.75) is 31.8 Å². The normalized spacial score (nSPS) is 23.0. The predicted octanol–water partition coefficient (Wildman–Crippen LogP) is 2.08. The van der Waals surface area contributed by atoms with Crippen LogP contribution in [0.3, 0.4) is 0 Å². The van der Waals surface area contributed by atoms with Gasteiger partial charge in [0.25, 0.3) is 5.91 Å². The van der Waals surface area contributed by atoms with E-state index in [4.69, 9.17) is 4.74 Å². The van der Waals surface area contributed by atoms with Gasteiger partial charge in [-0.15, -0.1) is 0 Å². The first-order valence-corrected chi connectivity index (χ1v) is 8.65. The van der Waals surface area contributed by atoms with Gasteiger partial charge in [0.05, 0.1) is 12.6 Å². The molecule has 4 rings (SSSR count). The predicted molar refractivity (Wildman–Crippen MR) is 93.5 cm³/mol. The van der Waals surface area contributed by atoms with E-state index in [0.717, 1.165) is 24.8 Å². The zero-order chi connectivity index (χ0) is 17.6. The first-order chi connectivity index (χ1) is 12.1. The number of aromatic nitrogens is 1. The Balaban J connectivity index is 1.71. The number of piperazine rings is 1. The Morgan fingerprint density at radius 3 is 2.92 bits per heavy atom. The van der Waals surface area contributed by atoms with Crippen LogP contribution >= 0.6 is 0 Å². The number of para-hydroxylation sites is 1. The lowest BCUT2D eigenvalue weighted by Gasteiger charge is -2.41. The fraction of sp³-hybridized carbons (Fsp3) is 0.421.